The van der Waals surface area contributed by atoms with E-state index >= 15 is 0 Å². The third kappa shape index (κ3) is 0.758. The normalized spacial score (nSPS) is 48.2. The van der Waals surface area contributed by atoms with Crippen LogP contribution in [0.2, 0.25) is 0 Å². The SMILES string of the molecule is C=C1CC2(C(C)C)CC2C1C. The van der Waals surface area contributed by atoms with Gasteiger partial charge in [0.1, 0.15) is 0 Å². The van der Waals surface area contributed by atoms with Crippen LogP contribution in [0.15, 0.2) is 12.2 Å². The highest BCUT2D eigenvalue weighted by Gasteiger charge is 2.62. The molecule has 0 heteroatoms. The van der Waals surface area contributed by atoms with Gasteiger partial charge in [-0.1, -0.05) is 32.9 Å². The largest absolute Gasteiger partial charge is 0.0996 e. The maximum absolute atomic E-state index is 4.14. The van der Waals surface area contributed by atoms with Gasteiger partial charge in [-0.3, -0.25) is 0 Å². The van der Waals surface area contributed by atoms with Gasteiger partial charge in [0, 0.05) is 0 Å². The fraction of sp³-hybridized carbons (Fsp3) is 0.818. The standard InChI is InChI=1S/C11H18/c1-7(2)11-5-8(3)9(4)10(11)6-11/h7,9-10H,3,5-6H2,1-2,4H3. The molecular formula is C11H18. The minimum absolute atomic E-state index is 0.705. The summed E-state index contributed by atoms with van der Waals surface area (Å²) in [4.78, 5) is 0. The van der Waals surface area contributed by atoms with E-state index in [9.17, 15) is 0 Å². The Morgan fingerprint density at radius 3 is 2.45 bits per heavy atom. The van der Waals surface area contributed by atoms with Crippen LogP contribution in [0.1, 0.15) is 33.6 Å². The Labute approximate surface area is 69.7 Å². The summed E-state index contributed by atoms with van der Waals surface area (Å²) in [6, 6.07) is 0. The van der Waals surface area contributed by atoms with Crippen molar-refractivity contribution in [2.75, 3.05) is 0 Å². The zero-order valence-corrected chi connectivity index (χ0v) is 7.85. The van der Waals surface area contributed by atoms with Gasteiger partial charge in [-0.2, -0.15) is 0 Å². The fourth-order valence-electron chi connectivity index (χ4n) is 2.96. The summed E-state index contributed by atoms with van der Waals surface area (Å²) < 4.78 is 0. The van der Waals surface area contributed by atoms with Crippen molar-refractivity contribution in [2.45, 2.75) is 33.6 Å². The van der Waals surface area contributed by atoms with Crippen molar-refractivity contribution in [3.05, 3.63) is 12.2 Å². The third-order valence-corrected chi connectivity index (χ3v) is 4.13. The Hall–Kier alpha value is -0.260. The lowest BCUT2D eigenvalue weighted by Gasteiger charge is -2.15. The van der Waals surface area contributed by atoms with Crippen molar-refractivity contribution in [3.8, 4) is 0 Å². The molecule has 2 fully saturated rings. The van der Waals surface area contributed by atoms with Gasteiger partial charge in [0.05, 0.1) is 0 Å². The number of rotatable bonds is 1. The van der Waals surface area contributed by atoms with Crippen LogP contribution in [0.25, 0.3) is 0 Å². The second kappa shape index (κ2) is 1.91. The van der Waals surface area contributed by atoms with Crippen LogP contribution in [0, 0.1) is 23.2 Å². The molecular weight excluding hydrogens is 132 g/mol. The van der Waals surface area contributed by atoms with Crippen LogP contribution in [0.5, 0.6) is 0 Å². The van der Waals surface area contributed by atoms with Crippen LogP contribution < -0.4 is 0 Å². The molecule has 0 aromatic rings. The van der Waals surface area contributed by atoms with E-state index in [4.69, 9.17) is 0 Å². The topological polar surface area (TPSA) is 0 Å². The molecule has 2 saturated carbocycles. The smallest absolute Gasteiger partial charge is 0.0200 e. The molecule has 0 N–H and O–H groups in total. The van der Waals surface area contributed by atoms with Crippen LogP contribution >= 0.6 is 0 Å². The zero-order valence-electron chi connectivity index (χ0n) is 7.85. The van der Waals surface area contributed by atoms with Gasteiger partial charge in [0.2, 0.25) is 0 Å². The highest BCUT2D eigenvalue weighted by Crippen LogP contribution is 2.70. The van der Waals surface area contributed by atoms with Crippen LogP contribution in [-0.2, 0) is 0 Å². The second-order valence-corrected chi connectivity index (χ2v) is 4.82. The van der Waals surface area contributed by atoms with Gasteiger partial charge >= 0.3 is 0 Å². The molecule has 0 saturated heterocycles. The number of hydrogen-bond acceptors (Lipinski definition) is 0. The van der Waals surface area contributed by atoms with Crippen molar-refractivity contribution in [1.29, 1.82) is 0 Å². The minimum atomic E-state index is 0.705. The summed E-state index contributed by atoms with van der Waals surface area (Å²) in [6.45, 7) is 11.2. The molecule has 11 heavy (non-hydrogen) atoms. The van der Waals surface area contributed by atoms with E-state index in [-0.39, 0.29) is 0 Å². The van der Waals surface area contributed by atoms with Crippen molar-refractivity contribution >= 4 is 0 Å². The number of allylic oxidation sites excluding steroid dienone is 1. The van der Waals surface area contributed by atoms with Crippen LogP contribution in [0.3, 0.4) is 0 Å². The van der Waals surface area contributed by atoms with Gasteiger partial charge in [0.25, 0.3) is 0 Å². The van der Waals surface area contributed by atoms with Crippen molar-refractivity contribution < 1.29 is 0 Å². The average Bonchev–Trinajstić information content (AvgIpc) is 2.57. The molecule has 0 heterocycles. The molecule has 0 amide bonds. The quantitative estimate of drug-likeness (QED) is 0.503. The second-order valence-electron chi connectivity index (χ2n) is 4.82. The summed E-state index contributed by atoms with van der Waals surface area (Å²) in [5.41, 5.74) is 2.21. The molecule has 0 aliphatic heterocycles. The lowest BCUT2D eigenvalue weighted by molar-refractivity contribution is 0.347. The predicted molar refractivity (Wildman–Crippen MR) is 48.3 cm³/mol. The van der Waals surface area contributed by atoms with Crippen molar-refractivity contribution in [1.82, 2.24) is 0 Å². The first-order valence-corrected chi connectivity index (χ1v) is 4.75. The Bertz CT molecular complexity index is 202. The van der Waals surface area contributed by atoms with Crippen molar-refractivity contribution in [2.24, 2.45) is 23.2 Å². The lowest BCUT2D eigenvalue weighted by atomic mass is 9.89. The van der Waals surface area contributed by atoms with E-state index in [2.05, 4.69) is 27.4 Å². The first kappa shape index (κ1) is 7.39. The molecule has 0 aromatic carbocycles. The van der Waals surface area contributed by atoms with Gasteiger partial charge in [-0.05, 0) is 36.0 Å². The maximum atomic E-state index is 4.14. The van der Waals surface area contributed by atoms with Gasteiger partial charge in [0.15, 0.2) is 0 Å². The molecule has 2 aliphatic carbocycles. The van der Waals surface area contributed by atoms with Gasteiger partial charge < -0.3 is 0 Å². The fourth-order valence-corrected chi connectivity index (χ4v) is 2.96. The molecule has 62 valence electrons. The summed E-state index contributed by atoms with van der Waals surface area (Å²) >= 11 is 0. The zero-order chi connectivity index (χ0) is 8.22. The molecule has 3 atom stereocenters. The Balaban J connectivity index is 2.20. The van der Waals surface area contributed by atoms with E-state index < -0.39 is 0 Å². The molecule has 3 unspecified atom stereocenters. The molecule has 0 aromatic heterocycles. The summed E-state index contributed by atoms with van der Waals surface area (Å²) in [6.07, 6.45) is 2.79. The van der Waals surface area contributed by atoms with E-state index in [0.717, 1.165) is 17.8 Å². The van der Waals surface area contributed by atoms with Crippen LogP contribution in [0.4, 0.5) is 0 Å². The molecule has 0 spiro atoms. The lowest BCUT2D eigenvalue weighted by Crippen LogP contribution is -2.07. The number of fused-ring (bicyclic) bond motifs is 1. The van der Waals surface area contributed by atoms with E-state index in [0.29, 0.717) is 5.41 Å². The van der Waals surface area contributed by atoms with E-state index in [1.165, 1.54) is 18.4 Å². The Morgan fingerprint density at radius 1 is 1.55 bits per heavy atom. The molecule has 2 aliphatic rings. The summed E-state index contributed by atoms with van der Waals surface area (Å²) in [5, 5.41) is 0. The highest BCUT2D eigenvalue weighted by atomic mass is 14.7. The predicted octanol–water partition coefficient (Wildman–Crippen LogP) is 3.24. The first-order valence-electron chi connectivity index (χ1n) is 4.75. The summed E-state index contributed by atoms with van der Waals surface area (Å²) in [5.74, 6) is 2.68. The van der Waals surface area contributed by atoms with Crippen LogP contribution in [-0.4, -0.2) is 0 Å². The van der Waals surface area contributed by atoms with Crippen molar-refractivity contribution in [3.63, 3.8) is 0 Å². The first-order chi connectivity index (χ1) is 5.08. The highest BCUT2D eigenvalue weighted by molar-refractivity contribution is 5.25. The maximum Gasteiger partial charge on any atom is -0.0200 e. The Kier molecular flexibility index (Phi) is 1.28. The van der Waals surface area contributed by atoms with E-state index in [1.54, 1.807) is 0 Å². The average molecular weight is 150 g/mol. The molecule has 0 radical (unpaired) electrons. The molecule has 0 nitrogen and oxygen atoms in total. The molecule has 0 bridgehead atoms. The monoisotopic (exact) mass is 150 g/mol. The Morgan fingerprint density at radius 2 is 2.18 bits per heavy atom. The van der Waals surface area contributed by atoms with E-state index in [1.807, 2.05) is 0 Å². The minimum Gasteiger partial charge on any atom is -0.0996 e. The third-order valence-electron chi connectivity index (χ3n) is 4.13. The molecule has 2 rings (SSSR count). The summed E-state index contributed by atoms with van der Waals surface area (Å²) in [7, 11) is 0. The van der Waals surface area contributed by atoms with Gasteiger partial charge in [-0.25, -0.2) is 0 Å². The van der Waals surface area contributed by atoms with Gasteiger partial charge in [-0.15, -0.1) is 0 Å². The number of hydrogen-bond donors (Lipinski definition) is 0.